The van der Waals surface area contributed by atoms with Crippen LogP contribution in [0.3, 0.4) is 0 Å². The van der Waals surface area contributed by atoms with E-state index in [4.69, 9.17) is 4.42 Å². The Morgan fingerprint density at radius 1 is 1.62 bits per heavy atom. The molecule has 0 saturated heterocycles. The zero-order valence-corrected chi connectivity index (χ0v) is 9.60. The third kappa shape index (κ3) is 1.81. The van der Waals surface area contributed by atoms with E-state index in [1.807, 2.05) is 0 Å². The Balaban J connectivity index is 2.33. The molecule has 0 bridgehead atoms. The summed E-state index contributed by atoms with van der Waals surface area (Å²) in [5.41, 5.74) is 1.37. The maximum atomic E-state index is 5.59. The number of rotatable bonds is 0. The zero-order chi connectivity index (χ0) is 9.42. The first kappa shape index (κ1) is 9.28. The molecule has 3 heteroatoms. The number of furan rings is 1. The first-order chi connectivity index (χ1) is 6.16. The Bertz CT molecular complexity index is 308. The predicted molar refractivity (Wildman–Crippen MR) is 56.0 cm³/mol. The molecule has 1 aliphatic rings. The zero-order valence-electron chi connectivity index (χ0n) is 8.01. The highest BCUT2D eigenvalue weighted by molar-refractivity contribution is 9.10. The molecule has 0 saturated carbocycles. The molecule has 2 nitrogen and oxygen atoms in total. The summed E-state index contributed by atoms with van der Waals surface area (Å²) < 4.78 is 6.46. The molecule has 1 unspecified atom stereocenters. The van der Waals surface area contributed by atoms with Gasteiger partial charge in [0.05, 0.1) is 0 Å². The van der Waals surface area contributed by atoms with Crippen LogP contribution in [-0.2, 0) is 6.42 Å². The molecule has 0 spiro atoms. The standard InChI is InChI=1S/C10H14BrNO/c1-7-6-12(2)4-3-9-8(7)5-10(11)13-9/h5,7H,3-4,6H2,1-2H3. The number of hydrogen-bond donors (Lipinski definition) is 0. The van der Waals surface area contributed by atoms with Gasteiger partial charge in [-0.15, -0.1) is 0 Å². The molecule has 0 fully saturated rings. The van der Waals surface area contributed by atoms with Gasteiger partial charge in [-0.2, -0.15) is 0 Å². The second kappa shape index (κ2) is 3.46. The summed E-state index contributed by atoms with van der Waals surface area (Å²) >= 11 is 3.38. The van der Waals surface area contributed by atoms with Crippen molar-refractivity contribution in [1.29, 1.82) is 0 Å². The second-order valence-corrected chi connectivity index (χ2v) is 4.62. The quantitative estimate of drug-likeness (QED) is 0.697. The van der Waals surface area contributed by atoms with E-state index in [1.165, 1.54) is 5.56 Å². The van der Waals surface area contributed by atoms with Crippen molar-refractivity contribution in [3.63, 3.8) is 0 Å². The van der Waals surface area contributed by atoms with Crippen LogP contribution in [0, 0.1) is 0 Å². The lowest BCUT2D eigenvalue weighted by atomic mass is 10.0. The van der Waals surface area contributed by atoms with Crippen LogP contribution in [0.15, 0.2) is 15.2 Å². The molecule has 1 aromatic heterocycles. The van der Waals surface area contributed by atoms with Gasteiger partial charge in [-0.1, -0.05) is 6.92 Å². The van der Waals surface area contributed by atoms with E-state index in [-0.39, 0.29) is 0 Å². The van der Waals surface area contributed by atoms with Crippen molar-refractivity contribution in [2.45, 2.75) is 19.3 Å². The molecule has 0 aromatic carbocycles. The number of likely N-dealkylation sites (N-methyl/N-ethyl adjacent to an activating group) is 1. The van der Waals surface area contributed by atoms with Crippen LogP contribution in [0.5, 0.6) is 0 Å². The van der Waals surface area contributed by atoms with Gasteiger partial charge < -0.3 is 9.32 Å². The van der Waals surface area contributed by atoms with Crippen molar-refractivity contribution < 1.29 is 4.42 Å². The van der Waals surface area contributed by atoms with Crippen LogP contribution in [0.2, 0.25) is 0 Å². The number of halogens is 1. The Kier molecular flexibility index (Phi) is 2.47. The monoisotopic (exact) mass is 243 g/mol. The van der Waals surface area contributed by atoms with Gasteiger partial charge in [-0.25, -0.2) is 0 Å². The first-order valence-corrected chi connectivity index (χ1v) is 5.43. The minimum atomic E-state index is 0.581. The van der Waals surface area contributed by atoms with Crippen molar-refractivity contribution in [1.82, 2.24) is 4.90 Å². The molecular weight excluding hydrogens is 230 g/mol. The fourth-order valence-corrected chi connectivity index (χ4v) is 2.41. The van der Waals surface area contributed by atoms with Gasteiger partial charge in [0.25, 0.3) is 0 Å². The number of fused-ring (bicyclic) bond motifs is 1. The molecular formula is C10H14BrNO. The van der Waals surface area contributed by atoms with Crippen LogP contribution < -0.4 is 0 Å². The van der Waals surface area contributed by atoms with Gasteiger partial charge in [-0.3, -0.25) is 0 Å². The first-order valence-electron chi connectivity index (χ1n) is 4.63. The fraction of sp³-hybridized carbons (Fsp3) is 0.600. The lowest BCUT2D eigenvalue weighted by molar-refractivity contribution is 0.326. The van der Waals surface area contributed by atoms with Gasteiger partial charge >= 0.3 is 0 Å². The van der Waals surface area contributed by atoms with Crippen molar-refractivity contribution in [3.05, 3.63) is 22.1 Å². The highest BCUT2D eigenvalue weighted by atomic mass is 79.9. The lowest BCUT2D eigenvalue weighted by Crippen LogP contribution is -2.22. The molecule has 1 atom stereocenters. The van der Waals surface area contributed by atoms with E-state index in [0.29, 0.717) is 5.92 Å². The average molecular weight is 244 g/mol. The Hall–Kier alpha value is -0.280. The molecule has 0 amide bonds. The van der Waals surface area contributed by atoms with Crippen LogP contribution in [0.25, 0.3) is 0 Å². The van der Waals surface area contributed by atoms with Gasteiger partial charge in [0, 0.05) is 19.5 Å². The molecule has 0 aliphatic carbocycles. The average Bonchev–Trinajstić information content (AvgIpc) is 2.38. The van der Waals surface area contributed by atoms with Gasteiger partial charge in [0.1, 0.15) is 5.76 Å². The van der Waals surface area contributed by atoms with Gasteiger partial charge in [-0.05, 0) is 40.5 Å². The summed E-state index contributed by atoms with van der Waals surface area (Å²) in [7, 11) is 2.16. The van der Waals surface area contributed by atoms with Crippen LogP contribution in [0.4, 0.5) is 0 Å². The summed E-state index contributed by atoms with van der Waals surface area (Å²) in [6, 6.07) is 2.11. The van der Waals surface area contributed by atoms with E-state index < -0.39 is 0 Å². The molecule has 1 aromatic rings. The molecule has 13 heavy (non-hydrogen) atoms. The van der Waals surface area contributed by atoms with Gasteiger partial charge in [0.15, 0.2) is 4.67 Å². The summed E-state index contributed by atoms with van der Waals surface area (Å²) in [5.74, 6) is 1.74. The van der Waals surface area contributed by atoms with Crippen LogP contribution in [-0.4, -0.2) is 25.0 Å². The van der Waals surface area contributed by atoms with Crippen molar-refractivity contribution in [3.8, 4) is 0 Å². The fourth-order valence-electron chi connectivity index (χ4n) is 1.97. The van der Waals surface area contributed by atoms with Crippen LogP contribution >= 0.6 is 15.9 Å². The SMILES string of the molecule is CC1CN(C)CCc2oc(Br)cc21. The maximum Gasteiger partial charge on any atom is 0.169 e. The molecule has 72 valence electrons. The van der Waals surface area contributed by atoms with E-state index >= 15 is 0 Å². The lowest BCUT2D eigenvalue weighted by Gasteiger charge is -2.15. The highest BCUT2D eigenvalue weighted by Gasteiger charge is 2.21. The van der Waals surface area contributed by atoms with E-state index in [2.05, 4.69) is 40.9 Å². The van der Waals surface area contributed by atoms with E-state index in [0.717, 1.165) is 29.9 Å². The minimum Gasteiger partial charge on any atom is -0.454 e. The number of hydrogen-bond acceptors (Lipinski definition) is 2. The van der Waals surface area contributed by atoms with E-state index in [9.17, 15) is 0 Å². The molecule has 2 heterocycles. The topological polar surface area (TPSA) is 16.4 Å². The summed E-state index contributed by atoms with van der Waals surface area (Å²) in [6.45, 7) is 4.47. The molecule has 0 N–H and O–H groups in total. The Labute approximate surface area is 87.0 Å². The van der Waals surface area contributed by atoms with Crippen molar-refractivity contribution >= 4 is 15.9 Å². The highest BCUT2D eigenvalue weighted by Crippen LogP contribution is 2.29. The normalized spacial score (nSPS) is 24.1. The second-order valence-electron chi connectivity index (χ2n) is 3.84. The van der Waals surface area contributed by atoms with Crippen LogP contribution in [0.1, 0.15) is 24.2 Å². The molecule has 1 aliphatic heterocycles. The third-order valence-electron chi connectivity index (χ3n) is 2.65. The smallest absolute Gasteiger partial charge is 0.169 e. The minimum absolute atomic E-state index is 0.581. The predicted octanol–water partition coefficient (Wildman–Crippen LogP) is 2.63. The van der Waals surface area contributed by atoms with E-state index in [1.54, 1.807) is 0 Å². The summed E-state index contributed by atoms with van der Waals surface area (Å²) in [6.07, 6.45) is 1.03. The Morgan fingerprint density at radius 2 is 2.38 bits per heavy atom. The largest absolute Gasteiger partial charge is 0.454 e. The third-order valence-corrected chi connectivity index (χ3v) is 3.04. The number of nitrogens with zero attached hydrogens (tertiary/aromatic N) is 1. The van der Waals surface area contributed by atoms with Crippen molar-refractivity contribution in [2.24, 2.45) is 0 Å². The van der Waals surface area contributed by atoms with Crippen molar-refractivity contribution in [2.75, 3.05) is 20.1 Å². The molecule has 0 radical (unpaired) electrons. The summed E-state index contributed by atoms with van der Waals surface area (Å²) in [4.78, 5) is 2.36. The Morgan fingerprint density at radius 3 is 3.15 bits per heavy atom. The summed E-state index contributed by atoms with van der Waals surface area (Å²) in [5, 5.41) is 0. The maximum absolute atomic E-state index is 5.59. The molecule has 2 rings (SSSR count). The van der Waals surface area contributed by atoms with Gasteiger partial charge in [0.2, 0.25) is 0 Å².